The number of carbonyl (C=O) groups excluding carboxylic acids is 3. The van der Waals surface area contributed by atoms with Gasteiger partial charge in [0.15, 0.2) is 0 Å². The number of rotatable bonds is 8. The van der Waals surface area contributed by atoms with Crippen LogP contribution >= 0.6 is 0 Å². The summed E-state index contributed by atoms with van der Waals surface area (Å²) >= 11 is 0. The van der Waals surface area contributed by atoms with Crippen LogP contribution in [0.5, 0.6) is 5.75 Å². The Morgan fingerprint density at radius 2 is 1.77 bits per heavy atom. The summed E-state index contributed by atoms with van der Waals surface area (Å²) in [5.74, 6) is -0.398. The predicted octanol–water partition coefficient (Wildman–Crippen LogP) is 2.81. The van der Waals surface area contributed by atoms with Crippen molar-refractivity contribution in [2.45, 2.75) is 52.5 Å². The highest BCUT2D eigenvalue weighted by atomic mass is 16.5. The van der Waals surface area contributed by atoms with E-state index in [9.17, 15) is 14.4 Å². The number of benzene rings is 1. The van der Waals surface area contributed by atoms with Gasteiger partial charge in [0.2, 0.25) is 0 Å². The second-order valence-corrected chi connectivity index (χ2v) is 7.97. The molecule has 2 rings (SSSR count). The fourth-order valence-electron chi connectivity index (χ4n) is 2.92. The SMILES string of the molecule is CCOC(=O)C1=C(COC(=O)CCOc2ccc(C(C)(C)C)cc2)NC(=O)N[C@@H]1C. The lowest BCUT2D eigenvalue weighted by Gasteiger charge is -2.26. The van der Waals surface area contributed by atoms with Crippen LogP contribution in [0.4, 0.5) is 4.79 Å². The maximum Gasteiger partial charge on any atom is 0.338 e. The monoisotopic (exact) mass is 418 g/mol. The van der Waals surface area contributed by atoms with E-state index in [4.69, 9.17) is 14.2 Å². The van der Waals surface area contributed by atoms with Crippen molar-refractivity contribution in [3.8, 4) is 5.75 Å². The number of amides is 2. The fourth-order valence-corrected chi connectivity index (χ4v) is 2.92. The molecule has 0 radical (unpaired) electrons. The van der Waals surface area contributed by atoms with Crippen molar-refractivity contribution in [1.82, 2.24) is 10.6 Å². The van der Waals surface area contributed by atoms with Crippen LogP contribution in [-0.2, 0) is 24.5 Å². The Bertz CT molecular complexity index is 808. The van der Waals surface area contributed by atoms with Gasteiger partial charge in [0.05, 0.1) is 36.9 Å². The molecule has 8 heteroatoms. The minimum atomic E-state index is -0.564. The Morgan fingerprint density at radius 3 is 2.37 bits per heavy atom. The van der Waals surface area contributed by atoms with Crippen LogP contribution in [0.25, 0.3) is 0 Å². The third-order valence-corrected chi connectivity index (χ3v) is 4.54. The molecular weight excluding hydrogens is 388 g/mol. The average molecular weight is 418 g/mol. The van der Waals surface area contributed by atoms with Crippen molar-refractivity contribution in [3.05, 3.63) is 41.1 Å². The quantitative estimate of drug-likeness (QED) is 0.630. The summed E-state index contributed by atoms with van der Waals surface area (Å²) in [6.45, 7) is 9.87. The number of carbonyl (C=O) groups is 3. The van der Waals surface area contributed by atoms with Crippen LogP contribution in [-0.4, -0.2) is 43.8 Å². The molecule has 1 atom stereocenters. The van der Waals surface area contributed by atoms with Gasteiger partial charge in [-0.2, -0.15) is 0 Å². The van der Waals surface area contributed by atoms with Gasteiger partial charge in [0.1, 0.15) is 12.4 Å². The van der Waals surface area contributed by atoms with E-state index in [1.54, 1.807) is 13.8 Å². The molecule has 1 heterocycles. The molecule has 2 N–H and O–H groups in total. The normalized spacial score (nSPS) is 16.4. The molecule has 2 amide bonds. The van der Waals surface area contributed by atoms with Crippen LogP contribution < -0.4 is 15.4 Å². The number of esters is 2. The van der Waals surface area contributed by atoms with Crippen molar-refractivity contribution >= 4 is 18.0 Å². The third-order valence-electron chi connectivity index (χ3n) is 4.54. The Balaban J connectivity index is 1.87. The number of hydrogen-bond donors (Lipinski definition) is 2. The number of urea groups is 1. The van der Waals surface area contributed by atoms with Gasteiger partial charge in [-0.1, -0.05) is 32.9 Å². The van der Waals surface area contributed by atoms with Crippen molar-refractivity contribution in [1.29, 1.82) is 0 Å². The zero-order valence-corrected chi connectivity index (χ0v) is 18.2. The number of hydrogen-bond acceptors (Lipinski definition) is 6. The highest BCUT2D eigenvalue weighted by molar-refractivity contribution is 5.94. The van der Waals surface area contributed by atoms with Crippen molar-refractivity contribution in [3.63, 3.8) is 0 Å². The van der Waals surface area contributed by atoms with Gasteiger partial charge in [-0.25, -0.2) is 9.59 Å². The summed E-state index contributed by atoms with van der Waals surface area (Å²) < 4.78 is 15.8. The van der Waals surface area contributed by atoms with Gasteiger partial charge in [-0.15, -0.1) is 0 Å². The standard InChI is InChI=1S/C22H30N2O6/c1-6-28-20(26)19-14(2)23-21(27)24-17(19)13-30-18(25)11-12-29-16-9-7-15(8-10-16)22(3,4)5/h7-10,14H,6,11-13H2,1-5H3,(H2,23,24,27)/t14-/m1/s1. The molecular formula is C22H30N2O6. The molecule has 0 bridgehead atoms. The molecule has 0 saturated heterocycles. The molecule has 164 valence electrons. The molecule has 0 spiro atoms. The average Bonchev–Trinajstić information content (AvgIpc) is 2.65. The van der Waals surface area contributed by atoms with E-state index in [0.717, 1.165) is 0 Å². The topological polar surface area (TPSA) is 103 Å². The van der Waals surface area contributed by atoms with Gasteiger partial charge >= 0.3 is 18.0 Å². The highest BCUT2D eigenvalue weighted by Crippen LogP contribution is 2.24. The van der Waals surface area contributed by atoms with Crippen LogP contribution in [0.2, 0.25) is 0 Å². The van der Waals surface area contributed by atoms with Crippen molar-refractivity contribution in [2.75, 3.05) is 19.8 Å². The summed E-state index contributed by atoms with van der Waals surface area (Å²) in [6, 6.07) is 6.72. The van der Waals surface area contributed by atoms with Crippen LogP contribution in [0.1, 0.15) is 46.6 Å². The molecule has 0 fully saturated rings. The van der Waals surface area contributed by atoms with E-state index >= 15 is 0 Å². The Morgan fingerprint density at radius 1 is 1.10 bits per heavy atom. The molecule has 0 aromatic heterocycles. The second-order valence-electron chi connectivity index (χ2n) is 7.97. The smallest absolute Gasteiger partial charge is 0.338 e. The first-order valence-corrected chi connectivity index (χ1v) is 9.98. The summed E-state index contributed by atoms with van der Waals surface area (Å²) in [5, 5.41) is 5.09. The minimum absolute atomic E-state index is 0.0325. The van der Waals surface area contributed by atoms with Crippen molar-refractivity contribution in [2.24, 2.45) is 0 Å². The first-order chi connectivity index (χ1) is 14.1. The zero-order valence-electron chi connectivity index (χ0n) is 18.2. The largest absolute Gasteiger partial charge is 0.493 e. The molecule has 0 unspecified atom stereocenters. The molecule has 1 aromatic rings. The van der Waals surface area contributed by atoms with Gasteiger partial charge in [0.25, 0.3) is 0 Å². The first kappa shape index (κ1) is 23.3. The molecule has 0 saturated carbocycles. The van der Waals surface area contributed by atoms with E-state index in [2.05, 4.69) is 31.4 Å². The zero-order chi connectivity index (χ0) is 22.3. The van der Waals surface area contributed by atoms with Gasteiger partial charge in [-0.3, -0.25) is 4.79 Å². The molecule has 8 nitrogen and oxygen atoms in total. The summed E-state index contributed by atoms with van der Waals surface area (Å²) in [6.07, 6.45) is 0.0325. The van der Waals surface area contributed by atoms with E-state index in [1.807, 2.05) is 24.3 Å². The van der Waals surface area contributed by atoms with E-state index < -0.39 is 24.0 Å². The number of ether oxygens (including phenoxy) is 3. The summed E-state index contributed by atoms with van der Waals surface area (Å²) in [4.78, 5) is 35.9. The Kier molecular flexibility index (Phi) is 7.86. The number of nitrogens with one attached hydrogen (secondary N) is 2. The van der Waals surface area contributed by atoms with E-state index in [-0.39, 0.29) is 42.9 Å². The Labute approximate surface area is 176 Å². The lowest BCUT2D eigenvalue weighted by molar-refractivity contribution is -0.144. The molecule has 0 aliphatic carbocycles. The highest BCUT2D eigenvalue weighted by Gasteiger charge is 2.30. The summed E-state index contributed by atoms with van der Waals surface area (Å²) in [7, 11) is 0. The summed E-state index contributed by atoms with van der Waals surface area (Å²) in [5.41, 5.74) is 1.70. The fraction of sp³-hybridized carbons (Fsp3) is 0.500. The van der Waals surface area contributed by atoms with Gasteiger partial charge < -0.3 is 24.8 Å². The van der Waals surface area contributed by atoms with Gasteiger partial charge in [0, 0.05) is 0 Å². The molecule has 1 aliphatic rings. The minimum Gasteiger partial charge on any atom is -0.493 e. The predicted molar refractivity (Wildman–Crippen MR) is 111 cm³/mol. The molecule has 1 aliphatic heterocycles. The van der Waals surface area contributed by atoms with Gasteiger partial charge in [-0.05, 0) is 37.0 Å². The van der Waals surface area contributed by atoms with Crippen LogP contribution in [0, 0.1) is 0 Å². The molecule has 30 heavy (non-hydrogen) atoms. The van der Waals surface area contributed by atoms with Crippen LogP contribution in [0.15, 0.2) is 35.5 Å². The lowest BCUT2D eigenvalue weighted by Crippen LogP contribution is -2.50. The molecule has 1 aromatic carbocycles. The Hall–Kier alpha value is -3.03. The van der Waals surface area contributed by atoms with E-state index in [0.29, 0.717) is 5.75 Å². The van der Waals surface area contributed by atoms with Crippen molar-refractivity contribution < 1.29 is 28.6 Å². The first-order valence-electron chi connectivity index (χ1n) is 9.98. The van der Waals surface area contributed by atoms with E-state index in [1.165, 1.54) is 5.56 Å². The third kappa shape index (κ3) is 6.50. The maximum absolute atomic E-state index is 12.2. The van der Waals surface area contributed by atoms with Crippen LogP contribution in [0.3, 0.4) is 0 Å². The lowest BCUT2D eigenvalue weighted by atomic mass is 9.87. The second kappa shape index (κ2) is 10.1. The maximum atomic E-state index is 12.2.